The van der Waals surface area contributed by atoms with Crippen LogP contribution in [-0.2, 0) is 6.42 Å². The Morgan fingerprint density at radius 3 is 2.76 bits per heavy atom. The monoisotopic (exact) mass is 224 g/mol. The Labute approximate surface area is 98.8 Å². The van der Waals surface area contributed by atoms with Gasteiger partial charge in [-0.2, -0.15) is 0 Å². The number of pyridine rings is 2. The van der Waals surface area contributed by atoms with Crippen molar-refractivity contribution in [3.05, 3.63) is 48.3 Å². The van der Waals surface area contributed by atoms with Gasteiger partial charge in [0.2, 0.25) is 0 Å². The first-order chi connectivity index (χ1) is 8.40. The highest BCUT2D eigenvalue weighted by molar-refractivity contribution is 6.03. The fraction of sp³-hybridized carbons (Fsp3) is 0.143. The van der Waals surface area contributed by atoms with Crippen LogP contribution in [0.5, 0.6) is 0 Å². The van der Waals surface area contributed by atoms with Gasteiger partial charge in [0.1, 0.15) is 0 Å². The number of hydrogen-bond donors (Lipinski definition) is 1. The summed E-state index contributed by atoms with van der Waals surface area (Å²) in [4.78, 5) is 8.86. The van der Waals surface area contributed by atoms with Crippen LogP contribution >= 0.6 is 0 Å². The molecule has 3 nitrogen and oxygen atoms in total. The average molecular weight is 224 g/mol. The smallest absolute Gasteiger partial charge is 0.0814 e. The van der Waals surface area contributed by atoms with Crippen LogP contribution in [0.1, 0.15) is 5.56 Å². The van der Waals surface area contributed by atoms with Gasteiger partial charge in [-0.05, 0) is 24.1 Å². The van der Waals surface area contributed by atoms with Crippen molar-refractivity contribution in [2.24, 2.45) is 0 Å². The van der Waals surface area contributed by atoms with Crippen molar-refractivity contribution >= 4 is 21.8 Å². The van der Waals surface area contributed by atoms with E-state index < -0.39 is 0 Å². The molecule has 84 valence electrons. The molecule has 3 heteroatoms. The molecule has 0 amide bonds. The Bertz CT molecular complexity index is 679. The predicted octanol–water partition coefficient (Wildman–Crippen LogP) is 2.32. The Kier molecular flexibility index (Phi) is 2.46. The lowest BCUT2D eigenvalue weighted by Gasteiger charge is -2.06. The van der Waals surface area contributed by atoms with Crippen LogP contribution < -0.4 is 0 Å². The maximum Gasteiger partial charge on any atom is 0.0814 e. The van der Waals surface area contributed by atoms with E-state index in [-0.39, 0.29) is 6.61 Å². The lowest BCUT2D eigenvalue weighted by Crippen LogP contribution is -1.94. The van der Waals surface area contributed by atoms with Crippen LogP contribution in [-0.4, -0.2) is 21.7 Å². The van der Waals surface area contributed by atoms with Gasteiger partial charge in [-0.25, -0.2) is 0 Å². The highest BCUT2D eigenvalue weighted by atomic mass is 16.2. The molecular weight excluding hydrogens is 212 g/mol. The topological polar surface area (TPSA) is 46.0 Å². The number of rotatable bonds is 2. The molecule has 0 aliphatic carbocycles. The molecule has 0 radical (unpaired) electrons. The maximum atomic E-state index is 9.05. The highest BCUT2D eigenvalue weighted by Gasteiger charge is 2.05. The van der Waals surface area contributed by atoms with Crippen molar-refractivity contribution in [3.63, 3.8) is 0 Å². The van der Waals surface area contributed by atoms with Crippen LogP contribution in [0.3, 0.4) is 0 Å². The first-order valence-corrected chi connectivity index (χ1v) is 5.62. The molecule has 0 atom stereocenters. The quantitative estimate of drug-likeness (QED) is 0.679. The molecule has 0 unspecified atom stereocenters. The Morgan fingerprint density at radius 2 is 1.88 bits per heavy atom. The third-order valence-electron chi connectivity index (χ3n) is 2.95. The standard InChI is InChI=1S/C14H12N2O/c17-8-6-10-5-7-15-14-11-3-1-2-4-13(11)16-9-12(10)14/h1-5,7,9,17H,6,8H2. The van der Waals surface area contributed by atoms with E-state index >= 15 is 0 Å². The van der Waals surface area contributed by atoms with Gasteiger partial charge in [-0.3, -0.25) is 9.97 Å². The minimum atomic E-state index is 0.145. The van der Waals surface area contributed by atoms with E-state index in [1.807, 2.05) is 36.5 Å². The van der Waals surface area contributed by atoms with Gasteiger partial charge in [0.05, 0.1) is 11.0 Å². The molecule has 0 bridgehead atoms. The molecule has 17 heavy (non-hydrogen) atoms. The van der Waals surface area contributed by atoms with Gasteiger partial charge in [-0.1, -0.05) is 18.2 Å². The molecule has 0 saturated heterocycles. The zero-order valence-corrected chi connectivity index (χ0v) is 9.30. The van der Waals surface area contributed by atoms with E-state index in [1.165, 1.54) is 0 Å². The average Bonchev–Trinajstić information content (AvgIpc) is 2.39. The number of aliphatic hydroxyl groups is 1. The SMILES string of the molecule is OCCc1ccnc2c1cnc1ccccc12. The van der Waals surface area contributed by atoms with E-state index in [4.69, 9.17) is 5.11 Å². The molecule has 3 rings (SSSR count). The van der Waals surface area contributed by atoms with Crippen LogP contribution in [0.2, 0.25) is 0 Å². The van der Waals surface area contributed by atoms with E-state index in [2.05, 4.69) is 9.97 Å². The summed E-state index contributed by atoms with van der Waals surface area (Å²) in [7, 11) is 0. The second-order valence-corrected chi connectivity index (χ2v) is 3.98. The molecule has 3 aromatic rings. The number of para-hydroxylation sites is 1. The van der Waals surface area contributed by atoms with Gasteiger partial charge in [0.15, 0.2) is 0 Å². The van der Waals surface area contributed by atoms with Gasteiger partial charge < -0.3 is 5.11 Å². The molecular formula is C14H12N2O. The largest absolute Gasteiger partial charge is 0.396 e. The van der Waals surface area contributed by atoms with Crippen molar-refractivity contribution in [3.8, 4) is 0 Å². The van der Waals surface area contributed by atoms with Gasteiger partial charge >= 0.3 is 0 Å². The van der Waals surface area contributed by atoms with Gasteiger partial charge in [-0.15, -0.1) is 0 Å². The molecule has 0 saturated carbocycles. The summed E-state index contributed by atoms with van der Waals surface area (Å²) in [5.41, 5.74) is 3.01. The fourth-order valence-corrected chi connectivity index (χ4v) is 2.13. The second kappa shape index (κ2) is 4.11. The number of benzene rings is 1. The summed E-state index contributed by atoms with van der Waals surface area (Å²) < 4.78 is 0. The van der Waals surface area contributed by atoms with Crippen molar-refractivity contribution in [1.82, 2.24) is 9.97 Å². The van der Waals surface area contributed by atoms with Crippen molar-refractivity contribution in [2.45, 2.75) is 6.42 Å². The lowest BCUT2D eigenvalue weighted by molar-refractivity contribution is 0.300. The summed E-state index contributed by atoms with van der Waals surface area (Å²) in [5.74, 6) is 0. The first-order valence-electron chi connectivity index (χ1n) is 5.62. The van der Waals surface area contributed by atoms with Crippen LogP contribution in [0.4, 0.5) is 0 Å². The van der Waals surface area contributed by atoms with Crippen LogP contribution in [0.15, 0.2) is 42.7 Å². The zero-order valence-electron chi connectivity index (χ0n) is 9.30. The predicted molar refractivity (Wildman–Crippen MR) is 67.8 cm³/mol. The number of fused-ring (bicyclic) bond motifs is 3. The third-order valence-corrected chi connectivity index (χ3v) is 2.95. The number of nitrogens with zero attached hydrogens (tertiary/aromatic N) is 2. The molecule has 1 N–H and O–H groups in total. The Hall–Kier alpha value is -2.00. The van der Waals surface area contributed by atoms with E-state index in [1.54, 1.807) is 6.20 Å². The summed E-state index contributed by atoms with van der Waals surface area (Å²) in [5, 5.41) is 11.1. The van der Waals surface area contributed by atoms with Gasteiger partial charge in [0, 0.05) is 29.8 Å². The summed E-state index contributed by atoms with van der Waals surface area (Å²) >= 11 is 0. The maximum absolute atomic E-state index is 9.05. The fourth-order valence-electron chi connectivity index (χ4n) is 2.13. The molecule has 0 fully saturated rings. The highest BCUT2D eigenvalue weighted by Crippen LogP contribution is 2.23. The molecule has 2 heterocycles. The van der Waals surface area contributed by atoms with Crippen molar-refractivity contribution < 1.29 is 5.11 Å². The number of aromatic nitrogens is 2. The van der Waals surface area contributed by atoms with Gasteiger partial charge in [0.25, 0.3) is 0 Å². The number of hydrogen-bond acceptors (Lipinski definition) is 3. The normalized spacial score (nSPS) is 11.1. The Morgan fingerprint density at radius 1 is 1.00 bits per heavy atom. The van der Waals surface area contributed by atoms with E-state index in [0.717, 1.165) is 27.4 Å². The molecule has 1 aromatic carbocycles. The minimum absolute atomic E-state index is 0.145. The summed E-state index contributed by atoms with van der Waals surface area (Å²) in [6, 6.07) is 9.91. The van der Waals surface area contributed by atoms with Crippen molar-refractivity contribution in [1.29, 1.82) is 0 Å². The molecule has 0 aliphatic heterocycles. The third kappa shape index (κ3) is 1.65. The van der Waals surface area contributed by atoms with Crippen LogP contribution in [0, 0.1) is 0 Å². The molecule has 2 aromatic heterocycles. The summed E-state index contributed by atoms with van der Waals surface area (Å²) in [6.45, 7) is 0.145. The zero-order chi connectivity index (χ0) is 11.7. The van der Waals surface area contributed by atoms with E-state index in [9.17, 15) is 0 Å². The minimum Gasteiger partial charge on any atom is -0.396 e. The second-order valence-electron chi connectivity index (χ2n) is 3.98. The number of aliphatic hydroxyl groups excluding tert-OH is 1. The summed E-state index contributed by atoms with van der Waals surface area (Å²) in [6.07, 6.45) is 4.27. The first kappa shape index (κ1) is 10.2. The van der Waals surface area contributed by atoms with Crippen LogP contribution in [0.25, 0.3) is 21.8 Å². The Balaban J connectivity index is 2.40. The van der Waals surface area contributed by atoms with Crippen molar-refractivity contribution in [2.75, 3.05) is 6.61 Å². The molecule has 0 spiro atoms. The molecule has 0 aliphatic rings. The lowest BCUT2D eigenvalue weighted by atomic mass is 10.1. The van der Waals surface area contributed by atoms with E-state index in [0.29, 0.717) is 6.42 Å².